The fourth-order valence-corrected chi connectivity index (χ4v) is 4.63. The molecule has 0 unspecified atom stereocenters. The fraction of sp³-hybridized carbons (Fsp3) is 0.278. The molecule has 0 saturated heterocycles. The summed E-state index contributed by atoms with van der Waals surface area (Å²) in [4.78, 5) is 13.5. The van der Waals surface area contributed by atoms with Gasteiger partial charge in [-0.25, -0.2) is 0 Å². The number of thiophene rings is 1. The van der Waals surface area contributed by atoms with Crippen molar-refractivity contribution in [3.05, 3.63) is 44.1 Å². The molecule has 0 saturated carbocycles. The molecule has 0 bridgehead atoms. The normalized spacial score (nSPS) is 11.0. The number of halogens is 2. The summed E-state index contributed by atoms with van der Waals surface area (Å²) in [5.74, 6) is 0.891. The maximum absolute atomic E-state index is 12.2. The van der Waals surface area contributed by atoms with E-state index >= 15 is 0 Å². The first-order chi connectivity index (χ1) is 12.9. The van der Waals surface area contributed by atoms with Gasteiger partial charge in [-0.3, -0.25) is 4.79 Å². The Bertz CT molecular complexity index is 984. The number of rotatable bonds is 6. The molecule has 2 aromatic heterocycles. The average molecular weight is 441 g/mol. The van der Waals surface area contributed by atoms with Crippen molar-refractivity contribution in [3.63, 3.8) is 0 Å². The number of benzene rings is 1. The summed E-state index contributed by atoms with van der Waals surface area (Å²) in [6.07, 6.45) is 0.950. The van der Waals surface area contributed by atoms with Gasteiger partial charge in [0, 0.05) is 28.6 Å². The predicted molar refractivity (Wildman–Crippen MR) is 114 cm³/mol. The molecule has 5 nitrogen and oxygen atoms in total. The number of aryl methyl sites for hydroxylation is 1. The lowest BCUT2D eigenvalue weighted by molar-refractivity contribution is -0.113. The molecule has 3 aromatic rings. The summed E-state index contributed by atoms with van der Waals surface area (Å²) < 4.78 is 1.93. The number of aromatic nitrogens is 3. The van der Waals surface area contributed by atoms with Crippen LogP contribution in [-0.2, 0) is 18.3 Å². The number of nitrogens with one attached hydrogen (secondary N) is 1. The van der Waals surface area contributed by atoms with Crippen LogP contribution >= 0.6 is 46.3 Å². The zero-order valence-corrected chi connectivity index (χ0v) is 18.2. The third kappa shape index (κ3) is 4.48. The van der Waals surface area contributed by atoms with Crippen LogP contribution in [0.3, 0.4) is 0 Å². The first kappa shape index (κ1) is 20.2. The minimum atomic E-state index is -0.149. The standard InChI is InChI=1S/C18H18Cl2N4OS2/c1-4-12-10(2)26-8-13(12)17-22-23-18(24(17)3)27-9-16(25)21-11-5-6-14(19)15(20)7-11/h5-8H,4,9H2,1-3H3,(H,21,25). The highest BCUT2D eigenvalue weighted by Crippen LogP contribution is 2.32. The molecule has 0 aliphatic carbocycles. The van der Waals surface area contributed by atoms with E-state index < -0.39 is 0 Å². The second-order valence-electron chi connectivity index (χ2n) is 5.87. The Hall–Kier alpha value is -1.54. The monoisotopic (exact) mass is 440 g/mol. The van der Waals surface area contributed by atoms with E-state index in [9.17, 15) is 4.79 Å². The highest BCUT2D eigenvalue weighted by molar-refractivity contribution is 7.99. The molecule has 9 heteroatoms. The van der Waals surface area contributed by atoms with Gasteiger partial charge in [-0.05, 0) is 37.1 Å². The van der Waals surface area contributed by atoms with Crippen molar-refractivity contribution in [3.8, 4) is 11.4 Å². The molecule has 2 heterocycles. The summed E-state index contributed by atoms with van der Waals surface area (Å²) in [5.41, 5.74) is 3.02. The van der Waals surface area contributed by atoms with Crippen LogP contribution in [0, 0.1) is 6.92 Å². The first-order valence-electron chi connectivity index (χ1n) is 8.25. The first-order valence-corrected chi connectivity index (χ1v) is 10.9. The van der Waals surface area contributed by atoms with Gasteiger partial charge in [0.2, 0.25) is 5.91 Å². The predicted octanol–water partition coefficient (Wildman–Crippen LogP) is 5.45. The van der Waals surface area contributed by atoms with Crippen molar-refractivity contribution in [1.82, 2.24) is 14.8 Å². The number of hydrogen-bond donors (Lipinski definition) is 1. The summed E-state index contributed by atoms with van der Waals surface area (Å²) in [6, 6.07) is 4.98. The van der Waals surface area contributed by atoms with Crippen LogP contribution in [0.1, 0.15) is 17.4 Å². The van der Waals surface area contributed by atoms with Crippen LogP contribution in [0.25, 0.3) is 11.4 Å². The molecular formula is C18H18Cl2N4OS2. The molecule has 0 fully saturated rings. The third-order valence-corrected chi connectivity index (χ3v) is 6.78. The SMILES string of the molecule is CCc1c(-c2nnc(SCC(=O)Nc3ccc(Cl)c(Cl)c3)n2C)csc1C. The van der Waals surface area contributed by atoms with Crippen LogP contribution in [-0.4, -0.2) is 26.4 Å². The molecule has 0 radical (unpaired) electrons. The van der Waals surface area contributed by atoms with Crippen molar-refractivity contribution in [2.45, 2.75) is 25.4 Å². The minimum absolute atomic E-state index is 0.149. The Labute approximate surface area is 176 Å². The summed E-state index contributed by atoms with van der Waals surface area (Å²) in [6.45, 7) is 4.25. The van der Waals surface area contributed by atoms with E-state index in [0.717, 1.165) is 17.8 Å². The number of nitrogens with zero attached hydrogens (tertiary/aromatic N) is 3. The van der Waals surface area contributed by atoms with E-state index in [1.165, 1.54) is 22.2 Å². The zero-order valence-electron chi connectivity index (χ0n) is 15.0. The molecule has 0 spiro atoms. The molecule has 1 aromatic carbocycles. The van der Waals surface area contributed by atoms with Crippen molar-refractivity contribution in [2.75, 3.05) is 11.1 Å². The molecule has 3 rings (SSSR count). The Balaban J connectivity index is 1.67. The zero-order chi connectivity index (χ0) is 19.6. The smallest absolute Gasteiger partial charge is 0.234 e. The number of anilines is 1. The van der Waals surface area contributed by atoms with Gasteiger partial charge in [0.25, 0.3) is 0 Å². The lowest BCUT2D eigenvalue weighted by Gasteiger charge is -2.07. The molecule has 1 N–H and O–H groups in total. The fourth-order valence-electron chi connectivity index (χ4n) is 2.68. The Morgan fingerprint density at radius 1 is 1.30 bits per heavy atom. The van der Waals surface area contributed by atoms with E-state index in [1.807, 2.05) is 11.6 Å². The minimum Gasteiger partial charge on any atom is -0.325 e. The quantitative estimate of drug-likeness (QED) is 0.517. The number of amides is 1. The van der Waals surface area contributed by atoms with Gasteiger partial charge in [-0.1, -0.05) is 41.9 Å². The Morgan fingerprint density at radius 3 is 2.78 bits per heavy atom. The van der Waals surface area contributed by atoms with E-state index in [1.54, 1.807) is 29.5 Å². The van der Waals surface area contributed by atoms with E-state index in [-0.39, 0.29) is 11.7 Å². The van der Waals surface area contributed by atoms with Gasteiger partial charge in [0.1, 0.15) is 0 Å². The molecule has 0 aliphatic heterocycles. The lowest BCUT2D eigenvalue weighted by atomic mass is 10.1. The highest BCUT2D eigenvalue weighted by atomic mass is 35.5. The second-order valence-corrected chi connectivity index (χ2v) is 8.71. The maximum Gasteiger partial charge on any atom is 0.234 e. The van der Waals surface area contributed by atoms with Crippen molar-refractivity contribution in [1.29, 1.82) is 0 Å². The third-order valence-electron chi connectivity index (χ3n) is 4.07. The van der Waals surface area contributed by atoms with Gasteiger partial charge in [0.15, 0.2) is 11.0 Å². The van der Waals surface area contributed by atoms with Gasteiger partial charge in [-0.15, -0.1) is 21.5 Å². The van der Waals surface area contributed by atoms with Crippen LogP contribution < -0.4 is 5.32 Å². The summed E-state index contributed by atoms with van der Waals surface area (Å²) >= 11 is 14.9. The molecule has 0 aliphatic rings. The molecule has 142 valence electrons. The van der Waals surface area contributed by atoms with Crippen molar-refractivity contribution in [2.24, 2.45) is 7.05 Å². The van der Waals surface area contributed by atoms with Crippen LogP contribution in [0.5, 0.6) is 0 Å². The highest BCUT2D eigenvalue weighted by Gasteiger charge is 2.17. The van der Waals surface area contributed by atoms with Gasteiger partial charge >= 0.3 is 0 Å². The van der Waals surface area contributed by atoms with Gasteiger partial charge in [0.05, 0.1) is 15.8 Å². The number of carbonyl (C=O) groups is 1. The number of thioether (sulfide) groups is 1. The molecular weight excluding hydrogens is 423 g/mol. The van der Waals surface area contributed by atoms with E-state index in [0.29, 0.717) is 20.9 Å². The summed E-state index contributed by atoms with van der Waals surface area (Å²) in [7, 11) is 1.92. The van der Waals surface area contributed by atoms with Crippen LogP contribution in [0.15, 0.2) is 28.7 Å². The average Bonchev–Trinajstić information content (AvgIpc) is 3.18. The van der Waals surface area contributed by atoms with Crippen molar-refractivity contribution >= 4 is 57.9 Å². The lowest BCUT2D eigenvalue weighted by Crippen LogP contribution is -2.14. The number of hydrogen-bond acceptors (Lipinski definition) is 5. The molecule has 27 heavy (non-hydrogen) atoms. The van der Waals surface area contributed by atoms with Crippen LogP contribution in [0.4, 0.5) is 5.69 Å². The number of carbonyl (C=O) groups excluding carboxylic acids is 1. The second kappa shape index (κ2) is 8.65. The summed E-state index contributed by atoms with van der Waals surface area (Å²) in [5, 5.41) is 15.0. The van der Waals surface area contributed by atoms with Gasteiger partial charge in [-0.2, -0.15) is 0 Å². The molecule has 0 atom stereocenters. The topological polar surface area (TPSA) is 59.8 Å². The van der Waals surface area contributed by atoms with Gasteiger partial charge < -0.3 is 9.88 Å². The molecule has 1 amide bonds. The Kier molecular flexibility index (Phi) is 6.47. The maximum atomic E-state index is 12.2. The van der Waals surface area contributed by atoms with Crippen LogP contribution in [0.2, 0.25) is 10.0 Å². The van der Waals surface area contributed by atoms with E-state index in [2.05, 4.69) is 34.7 Å². The Morgan fingerprint density at radius 2 is 2.07 bits per heavy atom. The van der Waals surface area contributed by atoms with Crippen molar-refractivity contribution < 1.29 is 4.79 Å². The largest absolute Gasteiger partial charge is 0.325 e. The van der Waals surface area contributed by atoms with E-state index in [4.69, 9.17) is 23.2 Å².